The molecule has 1 aliphatic heterocycles. The van der Waals surface area contributed by atoms with Gasteiger partial charge in [0.2, 0.25) is 0 Å². The van der Waals surface area contributed by atoms with Crippen LogP contribution in [0.15, 0.2) is 0 Å². The maximum atomic E-state index is 5.54. The molecule has 0 aromatic heterocycles. The van der Waals surface area contributed by atoms with Crippen LogP contribution in [0.25, 0.3) is 0 Å². The third-order valence-electron chi connectivity index (χ3n) is 3.90. The first-order valence-corrected chi connectivity index (χ1v) is 10.8. The molecule has 0 radical (unpaired) electrons. The normalized spacial score (nSPS) is 33.6. The van der Waals surface area contributed by atoms with Gasteiger partial charge in [-0.3, -0.25) is 0 Å². The van der Waals surface area contributed by atoms with E-state index in [9.17, 15) is 0 Å². The summed E-state index contributed by atoms with van der Waals surface area (Å²) in [6.45, 7) is 0. The summed E-state index contributed by atoms with van der Waals surface area (Å²) in [7, 11) is 5.14. The van der Waals surface area contributed by atoms with Crippen LogP contribution in [0, 0.1) is 5.92 Å². The summed E-state index contributed by atoms with van der Waals surface area (Å²) in [5.41, 5.74) is 0. The molecule has 0 spiro atoms. The standard InChI is InChI=1S/C8H13O.3CH3O.Zr/c1-2-6-3-4-7-8(5-6)9-7;3*1-2;/h6-8H,1-5H2;3*1H3;/q;3*-1;+3. The van der Waals surface area contributed by atoms with Crippen molar-refractivity contribution in [1.29, 1.82) is 0 Å². The Morgan fingerprint density at radius 1 is 1.06 bits per heavy atom. The molecule has 0 aromatic carbocycles. The summed E-state index contributed by atoms with van der Waals surface area (Å²) in [4.78, 5) is 0. The Kier molecular flexibility index (Phi) is 4.59. The molecule has 1 aliphatic carbocycles. The molecule has 94 valence electrons. The van der Waals surface area contributed by atoms with Crippen molar-refractivity contribution in [2.24, 2.45) is 5.92 Å². The Morgan fingerprint density at radius 2 is 1.75 bits per heavy atom. The van der Waals surface area contributed by atoms with Crippen LogP contribution < -0.4 is 0 Å². The Labute approximate surface area is 104 Å². The van der Waals surface area contributed by atoms with Crippen LogP contribution in [-0.2, 0) is 34.8 Å². The van der Waals surface area contributed by atoms with Crippen LogP contribution in [-0.4, -0.2) is 33.5 Å². The van der Waals surface area contributed by atoms with Gasteiger partial charge in [0, 0.05) is 0 Å². The number of epoxide rings is 1. The van der Waals surface area contributed by atoms with Crippen LogP contribution in [0.5, 0.6) is 0 Å². The third kappa shape index (κ3) is 2.94. The first-order chi connectivity index (χ1) is 7.73. The quantitative estimate of drug-likeness (QED) is 0.705. The van der Waals surface area contributed by atoms with Crippen LogP contribution in [0.3, 0.4) is 0 Å². The van der Waals surface area contributed by atoms with E-state index in [0.29, 0.717) is 12.2 Å². The van der Waals surface area contributed by atoms with Gasteiger partial charge in [-0.05, 0) is 0 Å². The van der Waals surface area contributed by atoms with Crippen molar-refractivity contribution in [3.8, 4) is 0 Å². The van der Waals surface area contributed by atoms with Gasteiger partial charge in [-0.25, -0.2) is 0 Å². The molecule has 0 aromatic rings. The molecule has 3 atom stereocenters. The summed E-state index contributed by atoms with van der Waals surface area (Å²) in [5, 5.41) is 0. The molecule has 1 heterocycles. The summed E-state index contributed by atoms with van der Waals surface area (Å²) in [6.07, 6.45) is 6.08. The second kappa shape index (κ2) is 5.58. The van der Waals surface area contributed by atoms with E-state index in [2.05, 4.69) is 0 Å². The topological polar surface area (TPSA) is 40.2 Å². The molecular formula is C11H22O4Zr. The molecule has 2 fully saturated rings. The van der Waals surface area contributed by atoms with E-state index in [1.807, 2.05) is 0 Å². The van der Waals surface area contributed by atoms with E-state index in [1.165, 1.54) is 19.3 Å². The van der Waals surface area contributed by atoms with E-state index < -0.39 is 21.6 Å². The first-order valence-electron chi connectivity index (χ1n) is 6.04. The van der Waals surface area contributed by atoms with Gasteiger partial charge in [0.1, 0.15) is 0 Å². The maximum absolute atomic E-state index is 5.54. The molecule has 0 bridgehead atoms. The number of rotatable bonds is 6. The fourth-order valence-corrected chi connectivity index (χ4v) is 7.29. The zero-order valence-electron chi connectivity index (χ0n) is 10.4. The molecular weight excluding hydrogens is 287 g/mol. The molecule has 4 nitrogen and oxygen atoms in total. The summed E-state index contributed by atoms with van der Waals surface area (Å²) in [5.74, 6) is 0.778. The van der Waals surface area contributed by atoms with Gasteiger partial charge in [0.05, 0.1) is 0 Å². The number of ether oxygens (including phenoxy) is 1. The van der Waals surface area contributed by atoms with Gasteiger partial charge in [-0.1, -0.05) is 0 Å². The minimum atomic E-state index is -3.11. The molecule has 2 rings (SSSR count). The zero-order valence-corrected chi connectivity index (χ0v) is 12.9. The van der Waals surface area contributed by atoms with Crippen molar-refractivity contribution in [3.05, 3.63) is 0 Å². The molecule has 16 heavy (non-hydrogen) atoms. The monoisotopic (exact) mass is 308 g/mol. The predicted octanol–water partition coefficient (Wildman–Crippen LogP) is 2.20. The molecule has 2 aliphatic rings. The van der Waals surface area contributed by atoms with Crippen molar-refractivity contribution in [2.75, 3.05) is 21.3 Å². The Balaban J connectivity index is 1.76. The van der Waals surface area contributed by atoms with Crippen LogP contribution in [0.2, 0.25) is 4.13 Å². The van der Waals surface area contributed by atoms with E-state index >= 15 is 0 Å². The van der Waals surface area contributed by atoms with Gasteiger partial charge in [-0.2, -0.15) is 0 Å². The van der Waals surface area contributed by atoms with E-state index in [0.717, 1.165) is 16.5 Å². The van der Waals surface area contributed by atoms with Crippen LogP contribution in [0.4, 0.5) is 0 Å². The Bertz CT molecular complexity index is 224. The van der Waals surface area contributed by atoms with Crippen molar-refractivity contribution in [3.63, 3.8) is 0 Å². The average Bonchev–Trinajstić information content (AvgIpc) is 3.10. The molecule has 1 saturated heterocycles. The Morgan fingerprint density at radius 3 is 2.31 bits per heavy atom. The number of fused-ring (bicyclic) bond motifs is 1. The molecule has 0 amide bonds. The summed E-state index contributed by atoms with van der Waals surface area (Å²) in [6, 6.07) is 0. The number of hydrogen-bond donors (Lipinski definition) is 0. The van der Waals surface area contributed by atoms with Crippen molar-refractivity contribution in [2.45, 2.75) is 42.0 Å². The van der Waals surface area contributed by atoms with Gasteiger partial charge < -0.3 is 0 Å². The van der Waals surface area contributed by atoms with Gasteiger partial charge >= 0.3 is 104 Å². The van der Waals surface area contributed by atoms with Gasteiger partial charge in [0.25, 0.3) is 0 Å². The van der Waals surface area contributed by atoms with E-state index in [1.54, 1.807) is 21.3 Å². The first kappa shape index (κ1) is 13.2. The van der Waals surface area contributed by atoms with Crippen molar-refractivity contribution in [1.82, 2.24) is 0 Å². The minimum absolute atomic E-state index is 0.566. The number of hydrogen-bond acceptors (Lipinski definition) is 4. The second-order valence-electron chi connectivity index (χ2n) is 4.73. The van der Waals surface area contributed by atoms with Crippen molar-refractivity contribution < 1.29 is 34.8 Å². The second-order valence-corrected chi connectivity index (χ2v) is 12.3. The van der Waals surface area contributed by atoms with Crippen LogP contribution in [0.1, 0.15) is 25.7 Å². The predicted molar refractivity (Wildman–Crippen MR) is 56.5 cm³/mol. The van der Waals surface area contributed by atoms with Gasteiger partial charge in [-0.15, -0.1) is 0 Å². The Hall–Kier alpha value is 0.723. The average molecular weight is 310 g/mol. The van der Waals surface area contributed by atoms with E-state index in [4.69, 9.17) is 13.2 Å². The summed E-state index contributed by atoms with van der Waals surface area (Å²) < 4.78 is 23.0. The zero-order chi connectivity index (χ0) is 11.6. The SMILES string of the molecule is C[O][Zr]([CH2]CC1CCC2OC2C1)([O]C)[O]C. The molecule has 0 N–H and O–H groups in total. The van der Waals surface area contributed by atoms with Crippen LogP contribution >= 0.6 is 0 Å². The fourth-order valence-electron chi connectivity index (χ4n) is 2.69. The molecule has 5 heteroatoms. The third-order valence-corrected chi connectivity index (χ3v) is 10.7. The molecule has 3 unspecified atom stereocenters. The fraction of sp³-hybridized carbons (Fsp3) is 1.00. The molecule has 1 saturated carbocycles. The van der Waals surface area contributed by atoms with Gasteiger partial charge in [0.15, 0.2) is 0 Å². The van der Waals surface area contributed by atoms with E-state index in [-0.39, 0.29) is 0 Å². The summed E-state index contributed by atoms with van der Waals surface area (Å²) >= 11 is -3.11. The van der Waals surface area contributed by atoms with Crippen molar-refractivity contribution >= 4 is 0 Å².